The van der Waals surface area contributed by atoms with Gasteiger partial charge in [-0.2, -0.15) is 4.39 Å². The van der Waals surface area contributed by atoms with Crippen LogP contribution >= 0.6 is 15.9 Å². The molecular formula is C11H8BrFN2O5. The Hall–Kier alpha value is -2.03. The number of nitrogens with zero attached hydrogens (tertiary/aromatic N) is 2. The maximum atomic E-state index is 13.4. The number of aliphatic carboxylic acids is 1. The van der Waals surface area contributed by atoms with E-state index in [9.17, 15) is 24.1 Å². The Labute approximate surface area is 120 Å². The minimum Gasteiger partial charge on any atom is -0.481 e. The van der Waals surface area contributed by atoms with Crippen LogP contribution in [0.3, 0.4) is 0 Å². The third kappa shape index (κ3) is 2.48. The fourth-order valence-electron chi connectivity index (χ4n) is 1.98. The SMILES string of the molecule is O=C(O)C1CC(=O)N(c2cc([N+](=O)[O-])c(F)cc2Br)C1. The molecule has 1 saturated heterocycles. The summed E-state index contributed by atoms with van der Waals surface area (Å²) in [6.07, 6.45) is -0.188. The van der Waals surface area contributed by atoms with Crippen LogP contribution in [0.1, 0.15) is 6.42 Å². The normalized spacial score (nSPS) is 18.4. The van der Waals surface area contributed by atoms with Gasteiger partial charge < -0.3 is 10.0 Å². The molecule has 1 aromatic carbocycles. The van der Waals surface area contributed by atoms with E-state index in [0.717, 1.165) is 17.0 Å². The third-order valence-electron chi connectivity index (χ3n) is 2.98. The summed E-state index contributed by atoms with van der Waals surface area (Å²) in [5, 5.41) is 19.6. The molecule has 106 valence electrons. The Balaban J connectivity index is 2.43. The van der Waals surface area contributed by atoms with Gasteiger partial charge in [-0.1, -0.05) is 0 Å². The van der Waals surface area contributed by atoms with Crippen LogP contribution in [0.2, 0.25) is 0 Å². The molecule has 1 fully saturated rings. The highest BCUT2D eigenvalue weighted by Crippen LogP contribution is 2.36. The van der Waals surface area contributed by atoms with Crippen molar-refractivity contribution in [1.29, 1.82) is 0 Å². The zero-order valence-electron chi connectivity index (χ0n) is 9.88. The lowest BCUT2D eigenvalue weighted by Gasteiger charge is -2.17. The van der Waals surface area contributed by atoms with E-state index in [1.54, 1.807) is 0 Å². The number of carbonyl (C=O) groups excluding carboxylic acids is 1. The van der Waals surface area contributed by atoms with Gasteiger partial charge in [-0.25, -0.2) is 0 Å². The van der Waals surface area contributed by atoms with Gasteiger partial charge >= 0.3 is 11.7 Å². The molecule has 0 saturated carbocycles. The molecule has 1 heterocycles. The van der Waals surface area contributed by atoms with Gasteiger partial charge in [-0.15, -0.1) is 0 Å². The number of nitro benzene ring substituents is 1. The quantitative estimate of drug-likeness (QED) is 0.665. The van der Waals surface area contributed by atoms with Crippen LogP contribution in [0.25, 0.3) is 0 Å². The Morgan fingerprint density at radius 3 is 2.70 bits per heavy atom. The summed E-state index contributed by atoms with van der Waals surface area (Å²) in [5.41, 5.74) is -0.679. The highest BCUT2D eigenvalue weighted by molar-refractivity contribution is 9.10. The summed E-state index contributed by atoms with van der Waals surface area (Å²) < 4.78 is 13.6. The number of halogens is 2. The molecule has 1 atom stereocenters. The van der Waals surface area contributed by atoms with Gasteiger partial charge in [0.15, 0.2) is 0 Å². The lowest BCUT2D eigenvalue weighted by atomic mass is 10.1. The number of hydrogen-bond donors (Lipinski definition) is 1. The van der Waals surface area contributed by atoms with Gasteiger partial charge in [0.05, 0.1) is 16.5 Å². The first-order valence-corrected chi connectivity index (χ1v) is 6.27. The van der Waals surface area contributed by atoms with Crippen LogP contribution in [0, 0.1) is 21.8 Å². The number of carboxylic acids is 1. The van der Waals surface area contributed by atoms with Gasteiger partial charge in [0.1, 0.15) is 0 Å². The van der Waals surface area contributed by atoms with Gasteiger partial charge in [-0.05, 0) is 22.0 Å². The van der Waals surface area contributed by atoms with Gasteiger partial charge in [0, 0.05) is 23.5 Å². The second kappa shape index (κ2) is 5.16. The molecule has 7 nitrogen and oxygen atoms in total. The van der Waals surface area contributed by atoms with Gasteiger partial charge in [0.25, 0.3) is 0 Å². The lowest BCUT2D eigenvalue weighted by Crippen LogP contribution is -2.26. The number of amides is 1. The summed E-state index contributed by atoms with van der Waals surface area (Å²) in [4.78, 5) is 33.6. The summed E-state index contributed by atoms with van der Waals surface area (Å²) in [6.45, 7) is -0.102. The minimum absolute atomic E-state index is 0.0897. The van der Waals surface area contributed by atoms with E-state index < -0.39 is 34.2 Å². The van der Waals surface area contributed by atoms with E-state index in [4.69, 9.17) is 5.11 Å². The van der Waals surface area contributed by atoms with E-state index in [1.807, 2.05) is 0 Å². The Bertz CT molecular complexity index is 621. The zero-order valence-corrected chi connectivity index (χ0v) is 11.5. The van der Waals surface area contributed by atoms with Crippen molar-refractivity contribution in [3.63, 3.8) is 0 Å². The monoisotopic (exact) mass is 346 g/mol. The zero-order chi connectivity index (χ0) is 15.0. The topological polar surface area (TPSA) is 101 Å². The molecule has 0 bridgehead atoms. The first-order valence-electron chi connectivity index (χ1n) is 5.48. The van der Waals surface area contributed by atoms with E-state index in [1.165, 1.54) is 0 Å². The van der Waals surface area contributed by atoms with Crippen LogP contribution in [-0.2, 0) is 9.59 Å². The number of anilines is 1. The van der Waals surface area contributed by atoms with Crippen LogP contribution in [0.4, 0.5) is 15.8 Å². The molecule has 9 heteroatoms. The molecule has 0 aliphatic carbocycles. The molecule has 0 radical (unpaired) electrons. The smallest absolute Gasteiger partial charge is 0.308 e. The van der Waals surface area contributed by atoms with Crippen molar-refractivity contribution < 1.29 is 24.0 Å². The predicted octanol–water partition coefficient (Wildman–Crippen LogP) is 1.93. The van der Waals surface area contributed by atoms with E-state index >= 15 is 0 Å². The number of carbonyl (C=O) groups is 2. The van der Waals surface area contributed by atoms with Crippen molar-refractivity contribution in [2.75, 3.05) is 11.4 Å². The second-order valence-electron chi connectivity index (χ2n) is 4.26. The Morgan fingerprint density at radius 2 is 2.20 bits per heavy atom. The van der Waals surface area contributed by atoms with Crippen LogP contribution < -0.4 is 4.90 Å². The number of hydrogen-bond acceptors (Lipinski definition) is 4. The van der Waals surface area contributed by atoms with Crippen molar-refractivity contribution in [3.8, 4) is 0 Å². The van der Waals surface area contributed by atoms with Gasteiger partial charge in [0.2, 0.25) is 11.7 Å². The molecule has 1 aromatic rings. The van der Waals surface area contributed by atoms with Crippen molar-refractivity contribution in [2.45, 2.75) is 6.42 Å². The number of nitro groups is 1. The molecule has 1 unspecified atom stereocenters. The summed E-state index contributed by atoms with van der Waals surface area (Å²) in [5.74, 6) is -3.50. The molecule has 1 aliphatic rings. The first kappa shape index (κ1) is 14.4. The Morgan fingerprint density at radius 1 is 1.55 bits per heavy atom. The fourth-order valence-corrected chi connectivity index (χ4v) is 2.51. The van der Waals surface area contributed by atoms with Crippen molar-refractivity contribution in [1.82, 2.24) is 0 Å². The third-order valence-corrected chi connectivity index (χ3v) is 3.61. The number of rotatable bonds is 3. The maximum Gasteiger partial charge on any atom is 0.308 e. The molecule has 0 spiro atoms. The van der Waals surface area contributed by atoms with Crippen molar-refractivity contribution in [2.24, 2.45) is 5.92 Å². The molecule has 0 aromatic heterocycles. The molecule has 1 aliphatic heterocycles. The summed E-state index contributed by atoms with van der Waals surface area (Å²) in [7, 11) is 0. The highest BCUT2D eigenvalue weighted by Gasteiger charge is 2.36. The largest absolute Gasteiger partial charge is 0.481 e. The molecule has 20 heavy (non-hydrogen) atoms. The van der Waals surface area contributed by atoms with Crippen LogP contribution in [0.5, 0.6) is 0 Å². The summed E-state index contributed by atoms with van der Waals surface area (Å²) in [6, 6.07) is 1.80. The predicted molar refractivity (Wildman–Crippen MR) is 68.9 cm³/mol. The molecule has 1 amide bonds. The van der Waals surface area contributed by atoms with Gasteiger partial charge in [-0.3, -0.25) is 19.7 Å². The summed E-state index contributed by atoms with van der Waals surface area (Å²) >= 11 is 3.02. The molecular weight excluding hydrogens is 339 g/mol. The van der Waals surface area contributed by atoms with Crippen LogP contribution in [0.15, 0.2) is 16.6 Å². The fraction of sp³-hybridized carbons (Fsp3) is 0.273. The first-order chi connectivity index (χ1) is 9.31. The molecule has 2 rings (SSSR count). The second-order valence-corrected chi connectivity index (χ2v) is 5.11. The van der Waals surface area contributed by atoms with Crippen molar-refractivity contribution >= 4 is 39.2 Å². The van der Waals surface area contributed by atoms with E-state index in [-0.39, 0.29) is 23.1 Å². The highest BCUT2D eigenvalue weighted by atomic mass is 79.9. The van der Waals surface area contributed by atoms with Crippen LogP contribution in [-0.4, -0.2) is 28.5 Å². The number of carboxylic acid groups (broad SMARTS) is 1. The van der Waals surface area contributed by atoms with E-state index in [0.29, 0.717) is 0 Å². The number of benzene rings is 1. The lowest BCUT2D eigenvalue weighted by molar-refractivity contribution is -0.387. The standard InChI is InChI=1S/C11H8BrFN2O5/c12-6-2-7(13)9(15(19)20)3-8(6)14-4-5(11(17)18)1-10(14)16/h2-3,5H,1,4H2,(H,17,18). The average molecular weight is 347 g/mol. The average Bonchev–Trinajstić information content (AvgIpc) is 2.71. The van der Waals surface area contributed by atoms with Crippen molar-refractivity contribution in [3.05, 3.63) is 32.5 Å². The van der Waals surface area contributed by atoms with E-state index in [2.05, 4.69) is 15.9 Å². The maximum absolute atomic E-state index is 13.4. The minimum atomic E-state index is -1.12. The molecule has 1 N–H and O–H groups in total. The Kier molecular flexibility index (Phi) is 3.71.